The Morgan fingerprint density at radius 3 is 2.65 bits per heavy atom. The quantitative estimate of drug-likeness (QED) is 0.862. The van der Waals surface area contributed by atoms with Crippen LogP contribution in [0.5, 0.6) is 0 Å². The first-order valence-electron chi connectivity index (χ1n) is 8.36. The van der Waals surface area contributed by atoms with Gasteiger partial charge in [-0.2, -0.15) is 0 Å². The lowest BCUT2D eigenvalue weighted by molar-refractivity contribution is -0.131. The first-order chi connectivity index (χ1) is 9.38. The molecule has 0 aromatic rings. The third-order valence-electron chi connectivity index (χ3n) is 5.40. The largest absolute Gasteiger partial charge is 0.342 e. The van der Waals surface area contributed by atoms with E-state index in [0.717, 1.165) is 32.6 Å². The molecule has 0 aromatic heterocycles. The Kier molecular flexibility index (Phi) is 5.11. The number of amides is 1. The van der Waals surface area contributed by atoms with E-state index in [1.54, 1.807) is 0 Å². The highest BCUT2D eigenvalue weighted by atomic mass is 16.2. The molecular formula is C17H32N2O. The van der Waals surface area contributed by atoms with Gasteiger partial charge < -0.3 is 10.2 Å². The molecule has 0 aliphatic carbocycles. The van der Waals surface area contributed by atoms with Crippen molar-refractivity contribution in [1.82, 2.24) is 10.2 Å². The van der Waals surface area contributed by atoms with Gasteiger partial charge in [-0.15, -0.1) is 0 Å². The van der Waals surface area contributed by atoms with Crippen molar-refractivity contribution < 1.29 is 4.79 Å². The highest BCUT2D eigenvalue weighted by Crippen LogP contribution is 2.34. The van der Waals surface area contributed by atoms with Gasteiger partial charge >= 0.3 is 0 Å². The standard InChI is InChI=1S/C17H32N2O/c1-13(14-6-5-8-18-11-14)10-16(20)19-9-7-15(12-19)17(2,3)4/h13-15,18H,5-12H2,1-4H3. The molecule has 2 rings (SSSR count). The van der Waals surface area contributed by atoms with Crippen LogP contribution in [0, 0.1) is 23.2 Å². The Bertz CT molecular complexity index is 328. The Labute approximate surface area is 124 Å². The molecule has 20 heavy (non-hydrogen) atoms. The summed E-state index contributed by atoms with van der Waals surface area (Å²) in [6.07, 6.45) is 4.46. The van der Waals surface area contributed by atoms with Gasteiger partial charge in [0.15, 0.2) is 0 Å². The van der Waals surface area contributed by atoms with Crippen molar-refractivity contribution in [1.29, 1.82) is 0 Å². The van der Waals surface area contributed by atoms with E-state index in [1.165, 1.54) is 19.3 Å². The monoisotopic (exact) mass is 280 g/mol. The Balaban J connectivity index is 1.80. The molecule has 3 nitrogen and oxygen atoms in total. The molecule has 3 unspecified atom stereocenters. The van der Waals surface area contributed by atoms with Gasteiger partial charge in [0, 0.05) is 19.5 Å². The van der Waals surface area contributed by atoms with Gasteiger partial charge in [0.05, 0.1) is 0 Å². The Hall–Kier alpha value is -0.570. The highest BCUT2D eigenvalue weighted by Gasteiger charge is 2.34. The number of nitrogens with zero attached hydrogens (tertiary/aromatic N) is 1. The van der Waals surface area contributed by atoms with Crippen molar-refractivity contribution in [2.45, 2.75) is 53.4 Å². The van der Waals surface area contributed by atoms with Gasteiger partial charge in [-0.3, -0.25) is 4.79 Å². The summed E-state index contributed by atoms with van der Waals surface area (Å²) in [5.74, 6) is 2.26. The van der Waals surface area contributed by atoms with Crippen molar-refractivity contribution in [3.05, 3.63) is 0 Å². The van der Waals surface area contributed by atoms with Crippen LogP contribution in [0.15, 0.2) is 0 Å². The fraction of sp³-hybridized carbons (Fsp3) is 0.941. The molecule has 1 amide bonds. The van der Waals surface area contributed by atoms with Crippen LogP contribution in [0.2, 0.25) is 0 Å². The second-order valence-electron chi connectivity index (χ2n) is 7.98. The predicted molar refractivity (Wildman–Crippen MR) is 83.5 cm³/mol. The minimum atomic E-state index is 0.327. The van der Waals surface area contributed by atoms with Crippen molar-refractivity contribution in [2.75, 3.05) is 26.2 Å². The second-order valence-corrected chi connectivity index (χ2v) is 7.98. The predicted octanol–water partition coefficient (Wildman–Crippen LogP) is 2.91. The lowest BCUT2D eigenvalue weighted by atomic mass is 9.80. The number of hydrogen-bond acceptors (Lipinski definition) is 2. The van der Waals surface area contributed by atoms with E-state index in [1.807, 2.05) is 0 Å². The van der Waals surface area contributed by atoms with Crippen LogP contribution in [0.3, 0.4) is 0 Å². The van der Waals surface area contributed by atoms with Crippen molar-refractivity contribution in [3.8, 4) is 0 Å². The van der Waals surface area contributed by atoms with Crippen LogP contribution in [0.1, 0.15) is 53.4 Å². The van der Waals surface area contributed by atoms with E-state index < -0.39 is 0 Å². The van der Waals surface area contributed by atoms with Crippen LogP contribution in [-0.4, -0.2) is 37.0 Å². The minimum absolute atomic E-state index is 0.327. The molecule has 0 bridgehead atoms. The molecule has 1 N–H and O–H groups in total. The van der Waals surface area contributed by atoms with E-state index in [4.69, 9.17) is 0 Å². The second kappa shape index (κ2) is 6.46. The number of carbonyl (C=O) groups is 1. The Morgan fingerprint density at radius 2 is 2.10 bits per heavy atom. The summed E-state index contributed by atoms with van der Waals surface area (Å²) < 4.78 is 0. The normalized spacial score (nSPS) is 29.5. The molecule has 0 saturated carbocycles. The molecule has 3 heteroatoms. The molecule has 2 heterocycles. The molecule has 116 valence electrons. The van der Waals surface area contributed by atoms with Gasteiger partial charge in [-0.25, -0.2) is 0 Å². The minimum Gasteiger partial charge on any atom is -0.342 e. The first-order valence-corrected chi connectivity index (χ1v) is 8.36. The number of likely N-dealkylation sites (tertiary alicyclic amines) is 1. The average Bonchev–Trinajstić information content (AvgIpc) is 2.89. The molecule has 0 aromatic carbocycles. The summed E-state index contributed by atoms with van der Waals surface area (Å²) in [7, 11) is 0. The van der Waals surface area contributed by atoms with E-state index in [0.29, 0.717) is 29.1 Å². The van der Waals surface area contributed by atoms with Crippen molar-refractivity contribution in [2.24, 2.45) is 23.2 Å². The fourth-order valence-corrected chi connectivity index (χ4v) is 3.63. The SMILES string of the molecule is CC(CC(=O)N1CCC(C(C)(C)C)C1)C1CCCNC1. The molecule has 2 aliphatic heterocycles. The van der Waals surface area contributed by atoms with E-state index >= 15 is 0 Å². The van der Waals surface area contributed by atoms with E-state index in [9.17, 15) is 4.79 Å². The molecular weight excluding hydrogens is 248 g/mol. The van der Waals surface area contributed by atoms with E-state index in [-0.39, 0.29) is 0 Å². The van der Waals surface area contributed by atoms with Gasteiger partial charge in [0.25, 0.3) is 0 Å². The molecule has 2 fully saturated rings. The summed E-state index contributed by atoms with van der Waals surface area (Å²) in [5, 5.41) is 3.46. The lowest BCUT2D eigenvalue weighted by Gasteiger charge is -2.30. The number of hydrogen-bond donors (Lipinski definition) is 1. The smallest absolute Gasteiger partial charge is 0.222 e. The molecule has 2 saturated heterocycles. The summed E-state index contributed by atoms with van der Waals surface area (Å²) >= 11 is 0. The van der Waals surface area contributed by atoms with Gasteiger partial charge in [0.2, 0.25) is 5.91 Å². The fourth-order valence-electron chi connectivity index (χ4n) is 3.63. The Morgan fingerprint density at radius 1 is 1.35 bits per heavy atom. The summed E-state index contributed by atoms with van der Waals surface area (Å²) in [4.78, 5) is 14.6. The summed E-state index contributed by atoms with van der Waals surface area (Å²) in [6, 6.07) is 0. The maximum atomic E-state index is 12.5. The van der Waals surface area contributed by atoms with E-state index in [2.05, 4.69) is 37.9 Å². The maximum absolute atomic E-state index is 12.5. The maximum Gasteiger partial charge on any atom is 0.222 e. The van der Waals surface area contributed by atoms with Crippen LogP contribution < -0.4 is 5.32 Å². The van der Waals surface area contributed by atoms with Gasteiger partial charge in [-0.05, 0) is 55.5 Å². The average molecular weight is 280 g/mol. The molecule has 2 aliphatic rings. The van der Waals surface area contributed by atoms with Gasteiger partial charge in [-0.1, -0.05) is 27.7 Å². The zero-order valence-electron chi connectivity index (χ0n) is 13.7. The number of rotatable bonds is 3. The lowest BCUT2D eigenvalue weighted by Crippen LogP contribution is -2.37. The number of piperidine rings is 1. The number of carbonyl (C=O) groups excluding carboxylic acids is 1. The van der Waals surface area contributed by atoms with Crippen LogP contribution in [0.4, 0.5) is 0 Å². The third kappa shape index (κ3) is 3.97. The third-order valence-corrected chi connectivity index (χ3v) is 5.40. The van der Waals surface area contributed by atoms with Crippen molar-refractivity contribution in [3.63, 3.8) is 0 Å². The highest BCUT2D eigenvalue weighted by molar-refractivity contribution is 5.76. The number of nitrogens with one attached hydrogen (secondary N) is 1. The molecule has 0 spiro atoms. The van der Waals surface area contributed by atoms with Crippen LogP contribution in [-0.2, 0) is 4.79 Å². The van der Waals surface area contributed by atoms with Crippen LogP contribution >= 0.6 is 0 Å². The van der Waals surface area contributed by atoms with Gasteiger partial charge in [0.1, 0.15) is 0 Å². The molecule has 3 atom stereocenters. The molecule has 0 radical (unpaired) electrons. The van der Waals surface area contributed by atoms with Crippen molar-refractivity contribution >= 4 is 5.91 Å². The zero-order valence-corrected chi connectivity index (χ0v) is 13.7. The first kappa shape index (κ1) is 15.8. The summed E-state index contributed by atoms with van der Waals surface area (Å²) in [6.45, 7) is 13.3. The topological polar surface area (TPSA) is 32.3 Å². The summed E-state index contributed by atoms with van der Waals surface area (Å²) in [5.41, 5.74) is 0.327. The van der Waals surface area contributed by atoms with Crippen LogP contribution in [0.25, 0.3) is 0 Å². The zero-order chi connectivity index (χ0) is 14.8.